The fourth-order valence-electron chi connectivity index (χ4n) is 1.74. The fourth-order valence-corrected chi connectivity index (χ4v) is 1.87. The highest BCUT2D eigenvalue weighted by Gasteiger charge is 2.09. The summed E-state index contributed by atoms with van der Waals surface area (Å²) in [6.07, 6.45) is 3.14. The number of anilines is 3. The molecule has 0 fully saturated rings. The summed E-state index contributed by atoms with van der Waals surface area (Å²) in [7, 11) is 1.81. The Morgan fingerprint density at radius 3 is 2.68 bits per heavy atom. The van der Waals surface area contributed by atoms with Crippen LogP contribution in [-0.2, 0) is 7.05 Å². The van der Waals surface area contributed by atoms with Crippen molar-refractivity contribution in [2.75, 3.05) is 11.1 Å². The predicted molar refractivity (Wildman–Crippen MR) is 84.5 cm³/mol. The number of benzene rings is 1. The Bertz CT molecular complexity index is 786. The molecule has 0 radical (unpaired) electrons. The summed E-state index contributed by atoms with van der Waals surface area (Å²) in [6.45, 7) is 0. The normalized spacial score (nSPS) is 10.5. The highest BCUT2D eigenvalue weighted by molar-refractivity contribution is 6.31. The number of hydrogen-bond acceptors (Lipinski definition) is 6. The zero-order chi connectivity index (χ0) is 15.5. The van der Waals surface area contributed by atoms with E-state index in [-0.39, 0.29) is 5.88 Å². The number of aromatic nitrogens is 4. The van der Waals surface area contributed by atoms with Crippen LogP contribution in [0, 0.1) is 0 Å². The second-order valence-corrected chi connectivity index (χ2v) is 4.89. The first-order valence-corrected chi connectivity index (χ1v) is 6.80. The summed E-state index contributed by atoms with van der Waals surface area (Å²) in [5, 5.41) is 7.40. The molecule has 0 saturated heterocycles. The van der Waals surface area contributed by atoms with Crippen LogP contribution in [0.2, 0.25) is 5.02 Å². The van der Waals surface area contributed by atoms with Crippen LogP contribution in [0.25, 0.3) is 0 Å². The summed E-state index contributed by atoms with van der Waals surface area (Å²) in [5.74, 6) is 1.95. The second-order valence-electron chi connectivity index (χ2n) is 4.48. The fraction of sp³-hybridized carbons (Fsp3) is 0.0714. The van der Waals surface area contributed by atoms with Gasteiger partial charge in [0.2, 0.25) is 11.8 Å². The van der Waals surface area contributed by atoms with Gasteiger partial charge in [0.05, 0.1) is 12.4 Å². The lowest BCUT2D eigenvalue weighted by atomic mass is 10.3. The standard InChI is InChI=1S/C14H13ClN6O/c1-21-12(6-7-18-21)19-14-17-8-11(15)13(20-14)22-10-4-2-9(16)3-5-10/h2-8H,16H2,1H3,(H,17,19,20). The van der Waals surface area contributed by atoms with Crippen LogP contribution in [-0.4, -0.2) is 19.7 Å². The number of nitrogens with one attached hydrogen (secondary N) is 1. The summed E-state index contributed by atoms with van der Waals surface area (Å²) in [6, 6.07) is 8.75. The minimum atomic E-state index is 0.256. The van der Waals surface area contributed by atoms with E-state index < -0.39 is 0 Å². The highest BCUT2D eigenvalue weighted by atomic mass is 35.5. The zero-order valence-electron chi connectivity index (χ0n) is 11.7. The minimum Gasteiger partial charge on any atom is -0.437 e. The van der Waals surface area contributed by atoms with Gasteiger partial charge in [-0.1, -0.05) is 11.6 Å². The predicted octanol–water partition coefficient (Wildman–Crippen LogP) is 2.98. The summed E-state index contributed by atoms with van der Waals surface area (Å²) >= 11 is 6.07. The number of nitrogen functional groups attached to an aromatic ring is 1. The van der Waals surface area contributed by atoms with Crippen LogP contribution < -0.4 is 15.8 Å². The second kappa shape index (κ2) is 5.90. The van der Waals surface area contributed by atoms with Gasteiger partial charge in [-0.15, -0.1) is 0 Å². The molecule has 1 aromatic carbocycles. The first-order valence-electron chi connectivity index (χ1n) is 6.43. The molecule has 112 valence electrons. The maximum absolute atomic E-state index is 6.07. The molecule has 0 atom stereocenters. The molecular weight excluding hydrogens is 304 g/mol. The molecule has 2 aromatic heterocycles. The third-order valence-electron chi connectivity index (χ3n) is 2.87. The third kappa shape index (κ3) is 3.09. The summed E-state index contributed by atoms with van der Waals surface area (Å²) < 4.78 is 7.32. The monoisotopic (exact) mass is 316 g/mol. The number of halogens is 1. The van der Waals surface area contributed by atoms with Crippen molar-refractivity contribution in [3.63, 3.8) is 0 Å². The minimum absolute atomic E-state index is 0.256. The molecule has 0 amide bonds. The van der Waals surface area contributed by atoms with Crippen molar-refractivity contribution >= 4 is 29.1 Å². The smallest absolute Gasteiger partial charge is 0.243 e. The lowest BCUT2D eigenvalue weighted by Gasteiger charge is -2.09. The maximum atomic E-state index is 6.07. The molecule has 2 heterocycles. The number of nitrogens with zero attached hydrogens (tertiary/aromatic N) is 4. The summed E-state index contributed by atoms with van der Waals surface area (Å²) in [5.41, 5.74) is 6.29. The average molecular weight is 317 g/mol. The van der Waals surface area contributed by atoms with Gasteiger partial charge in [-0.25, -0.2) is 4.98 Å². The Hall–Kier alpha value is -2.80. The van der Waals surface area contributed by atoms with Crippen LogP contribution in [0.1, 0.15) is 0 Å². The molecule has 0 bridgehead atoms. The Balaban J connectivity index is 1.83. The van der Waals surface area contributed by atoms with E-state index in [1.54, 1.807) is 41.2 Å². The Labute approximate surface area is 131 Å². The van der Waals surface area contributed by atoms with Crippen LogP contribution in [0.3, 0.4) is 0 Å². The molecule has 0 unspecified atom stereocenters. The van der Waals surface area contributed by atoms with Crippen molar-refractivity contribution in [1.29, 1.82) is 0 Å². The molecule has 7 nitrogen and oxygen atoms in total. The quantitative estimate of drug-likeness (QED) is 0.719. The van der Waals surface area contributed by atoms with Crippen LogP contribution in [0.4, 0.5) is 17.5 Å². The Kier molecular flexibility index (Phi) is 3.80. The van der Waals surface area contributed by atoms with Crippen LogP contribution in [0.15, 0.2) is 42.7 Å². The molecule has 0 spiro atoms. The number of nitrogens with two attached hydrogens (primary N) is 1. The molecule has 0 aliphatic rings. The first kappa shape index (κ1) is 14.2. The number of ether oxygens (including phenoxy) is 1. The van der Waals surface area contributed by atoms with Crippen molar-refractivity contribution in [2.45, 2.75) is 0 Å². The van der Waals surface area contributed by atoms with E-state index in [0.29, 0.717) is 22.4 Å². The van der Waals surface area contributed by atoms with E-state index in [9.17, 15) is 0 Å². The van der Waals surface area contributed by atoms with Crippen molar-refractivity contribution in [3.05, 3.63) is 47.7 Å². The molecule has 0 aliphatic carbocycles. The lowest BCUT2D eigenvalue weighted by Crippen LogP contribution is -2.03. The van der Waals surface area contributed by atoms with Crippen molar-refractivity contribution < 1.29 is 4.74 Å². The molecule has 3 rings (SSSR count). The number of hydrogen-bond donors (Lipinski definition) is 2. The van der Waals surface area contributed by atoms with Gasteiger partial charge in [-0.2, -0.15) is 10.1 Å². The van der Waals surface area contributed by atoms with Gasteiger partial charge in [0.15, 0.2) is 0 Å². The van der Waals surface area contributed by atoms with Crippen LogP contribution in [0.5, 0.6) is 11.6 Å². The van der Waals surface area contributed by atoms with E-state index in [1.807, 2.05) is 7.05 Å². The van der Waals surface area contributed by atoms with Gasteiger partial charge in [0.1, 0.15) is 16.6 Å². The molecule has 0 saturated carbocycles. The largest absolute Gasteiger partial charge is 0.437 e. The molecule has 3 N–H and O–H groups in total. The molecule has 3 aromatic rings. The highest BCUT2D eigenvalue weighted by Crippen LogP contribution is 2.28. The number of rotatable bonds is 4. The van der Waals surface area contributed by atoms with E-state index in [4.69, 9.17) is 22.1 Å². The zero-order valence-corrected chi connectivity index (χ0v) is 12.4. The average Bonchev–Trinajstić information content (AvgIpc) is 2.90. The summed E-state index contributed by atoms with van der Waals surface area (Å²) in [4.78, 5) is 8.37. The van der Waals surface area contributed by atoms with Crippen molar-refractivity contribution in [3.8, 4) is 11.6 Å². The van der Waals surface area contributed by atoms with E-state index in [2.05, 4.69) is 20.4 Å². The lowest BCUT2D eigenvalue weighted by molar-refractivity contribution is 0.463. The Morgan fingerprint density at radius 1 is 1.23 bits per heavy atom. The van der Waals surface area contributed by atoms with E-state index in [0.717, 1.165) is 5.82 Å². The molecule has 8 heteroatoms. The topological polar surface area (TPSA) is 90.9 Å². The van der Waals surface area contributed by atoms with Gasteiger partial charge < -0.3 is 15.8 Å². The van der Waals surface area contributed by atoms with Crippen molar-refractivity contribution in [1.82, 2.24) is 19.7 Å². The Morgan fingerprint density at radius 2 is 2.00 bits per heavy atom. The maximum Gasteiger partial charge on any atom is 0.243 e. The molecule has 0 aliphatic heterocycles. The molecular formula is C14H13ClN6O. The van der Waals surface area contributed by atoms with Gasteiger partial charge in [0.25, 0.3) is 0 Å². The van der Waals surface area contributed by atoms with Gasteiger partial charge in [-0.05, 0) is 24.3 Å². The SMILES string of the molecule is Cn1nccc1Nc1ncc(Cl)c(Oc2ccc(N)cc2)n1. The van der Waals surface area contributed by atoms with E-state index >= 15 is 0 Å². The van der Waals surface area contributed by atoms with Gasteiger partial charge in [-0.3, -0.25) is 4.68 Å². The van der Waals surface area contributed by atoms with Crippen molar-refractivity contribution in [2.24, 2.45) is 7.05 Å². The third-order valence-corrected chi connectivity index (χ3v) is 3.13. The molecule has 22 heavy (non-hydrogen) atoms. The van der Waals surface area contributed by atoms with Gasteiger partial charge in [0, 0.05) is 18.8 Å². The first-order chi connectivity index (χ1) is 10.6. The van der Waals surface area contributed by atoms with Crippen LogP contribution >= 0.6 is 11.6 Å². The van der Waals surface area contributed by atoms with E-state index in [1.165, 1.54) is 6.20 Å². The van der Waals surface area contributed by atoms with Gasteiger partial charge >= 0.3 is 0 Å². The number of aryl methyl sites for hydroxylation is 1.